The Labute approximate surface area is 183 Å². The second-order valence-corrected chi connectivity index (χ2v) is 7.55. The number of carbonyl (C=O) groups is 2. The predicted molar refractivity (Wildman–Crippen MR) is 121 cm³/mol. The van der Waals surface area contributed by atoms with Gasteiger partial charge in [0.2, 0.25) is 11.8 Å². The average molecular weight is 453 g/mol. The third kappa shape index (κ3) is 10.6. The summed E-state index contributed by atoms with van der Waals surface area (Å²) in [6, 6.07) is 8.40. The molecule has 0 bridgehead atoms. The molecule has 8 nitrogen and oxygen atoms in total. The lowest BCUT2D eigenvalue weighted by Gasteiger charge is -2.16. The summed E-state index contributed by atoms with van der Waals surface area (Å²) in [6.45, 7) is 3.36. The van der Waals surface area contributed by atoms with Gasteiger partial charge in [-0.15, -0.1) is 11.8 Å². The molecule has 11 heteroatoms. The lowest BCUT2D eigenvalue weighted by atomic mass is 10.1. The Hall–Kier alpha value is -2.48. The molecule has 0 aliphatic carbocycles. The lowest BCUT2D eigenvalue weighted by Crippen LogP contribution is -2.43. The topological polar surface area (TPSA) is 119 Å². The van der Waals surface area contributed by atoms with E-state index in [1.165, 1.54) is 35.8 Å². The van der Waals surface area contributed by atoms with Gasteiger partial charge >= 0.3 is 0 Å². The fraction of sp³-hybridized carbons (Fsp3) is 0.278. The van der Waals surface area contributed by atoms with Crippen LogP contribution in [0.2, 0.25) is 5.02 Å². The molecule has 1 aromatic carbocycles. The van der Waals surface area contributed by atoms with Crippen LogP contribution in [0.4, 0.5) is 0 Å². The molecule has 154 valence electrons. The Morgan fingerprint density at radius 3 is 2.72 bits per heavy atom. The molecule has 2 amide bonds. The Kier molecular flexibility index (Phi) is 12.3. The van der Waals surface area contributed by atoms with E-state index in [4.69, 9.17) is 16.9 Å². The zero-order valence-electron chi connectivity index (χ0n) is 15.7. The van der Waals surface area contributed by atoms with Gasteiger partial charge in [0.1, 0.15) is 6.04 Å². The van der Waals surface area contributed by atoms with Crippen molar-refractivity contribution in [3.8, 4) is 6.07 Å². The van der Waals surface area contributed by atoms with E-state index < -0.39 is 6.04 Å². The van der Waals surface area contributed by atoms with Crippen LogP contribution in [0.15, 0.2) is 46.6 Å². The van der Waals surface area contributed by atoms with E-state index in [-0.39, 0.29) is 23.4 Å². The van der Waals surface area contributed by atoms with Crippen molar-refractivity contribution in [1.82, 2.24) is 16.1 Å². The maximum absolute atomic E-state index is 12.4. The van der Waals surface area contributed by atoms with Crippen LogP contribution in [-0.4, -0.2) is 47.6 Å². The van der Waals surface area contributed by atoms with Crippen molar-refractivity contribution in [1.29, 1.82) is 5.26 Å². The summed E-state index contributed by atoms with van der Waals surface area (Å²) in [6.07, 6.45) is 4.69. The molecule has 1 aromatic rings. The molecule has 0 saturated carbocycles. The normalized spacial score (nSPS) is 12.1. The maximum atomic E-state index is 12.4. The van der Waals surface area contributed by atoms with Gasteiger partial charge in [-0.2, -0.15) is 10.4 Å². The Bertz CT molecular complexity index is 793. The molecule has 0 heterocycles. The highest BCUT2D eigenvalue weighted by molar-refractivity contribution is 8.13. The number of halogens is 1. The number of hydrogen-bond donors (Lipinski definition) is 3. The van der Waals surface area contributed by atoms with E-state index >= 15 is 0 Å². The summed E-state index contributed by atoms with van der Waals surface area (Å²) < 4.78 is 0. The number of amides is 2. The van der Waals surface area contributed by atoms with Gasteiger partial charge in [-0.3, -0.25) is 15.0 Å². The Morgan fingerprint density at radius 2 is 2.10 bits per heavy atom. The number of rotatable bonds is 10. The van der Waals surface area contributed by atoms with E-state index in [1.807, 2.05) is 18.2 Å². The minimum absolute atomic E-state index is 0.136. The quantitative estimate of drug-likeness (QED) is 0.125. The molecule has 0 aliphatic rings. The third-order valence-electron chi connectivity index (χ3n) is 3.28. The highest BCUT2D eigenvalue weighted by atomic mass is 35.5. The second kappa shape index (κ2) is 14.5. The molecule has 0 saturated heterocycles. The van der Waals surface area contributed by atoms with Gasteiger partial charge in [-0.1, -0.05) is 35.5 Å². The first-order valence-electron chi connectivity index (χ1n) is 8.27. The number of hydrazone groups is 1. The van der Waals surface area contributed by atoms with Crippen molar-refractivity contribution in [2.75, 3.05) is 17.9 Å². The van der Waals surface area contributed by atoms with Crippen LogP contribution < -0.4 is 16.1 Å². The largest absolute Gasteiger partial charge is 0.345 e. The van der Waals surface area contributed by atoms with E-state index in [0.717, 1.165) is 5.56 Å². The van der Waals surface area contributed by atoms with Gasteiger partial charge in [0.15, 0.2) is 5.17 Å². The van der Waals surface area contributed by atoms with Crippen molar-refractivity contribution in [2.45, 2.75) is 12.5 Å². The monoisotopic (exact) mass is 452 g/mol. The molecule has 0 radical (unpaired) electrons. The lowest BCUT2D eigenvalue weighted by molar-refractivity contribution is -0.122. The van der Waals surface area contributed by atoms with E-state index in [9.17, 15) is 9.59 Å². The van der Waals surface area contributed by atoms with Gasteiger partial charge in [-0.05, 0) is 24.0 Å². The average Bonchev–Trinajstić information content (AvgIpc) is 2.71. The first kappa shape index (κ1) is 24.6. The van der Waals surface area contributed by atoms with Crippen molar-refractivity contribution in [3.05, 3.63) is 47.1 Å². The molecule has 0 spiro atoms. The molecule has 1 rings (SSSR count). The number of benzene rings is 1. The number of aliphatic imine (C=N–C) groups is 1. The fourth-order valence-electron chi connectivity index (χ4n) is 1.98. The smallest absolute Gasteiger partial charge is 0.245 e. The third-order valence-corrected chi connectivity index (χ3v) is 4.94. The number of hydrogen-bond acceptors (Lipinski definition) is 8. The van der Waals surface area contributed by atoms with E-state index in [1.54, 1.807) is 18.4 Å². The summed E-state index contributed by atoms with van der Waals surface area (Å²) in [5.74, 6) is -0.126. The number of thioether (sulfide) groups is 2. The van der Waals surface area contributed by atoms with Crippen LogP contribution in [0.25, 0.3) is 0 Å². The summed E-state index contributed by atoms with van der Waals surface area (Å²) in [4.78, 5) is 28.2. The van der Waals surface area contributed by atoms with Crippen molar-refractivity contribution in [2.24, 2.45) is 10.1 Å². The minimum atomic E-state index is -0.592. The zero-order chi connectivity index (χ0) is 21.5. The van der Waals surface area contributed by atoms with Crippen LogP contribution in [0.5, 0.6) is 0 Å². The van der Waals surface area contributed by atoms with Crippen LogP contribution in [-0.2, 0) is 16.0 Å². The predicted octanol–water partition coefficient (Wildman–Crippen LogP) is 2.14. The van der Waals surface area contributed by atoms with Gasteiger partial charge in [-0.25, -0.2) is 4.99 Å². The van der Waals surface area contributed by atoms with Gasteiger partial charge in [0.25, 0.3) is 0 Å². The molecule has 0 aromatic heterocycles. The number of carbonyl (C=O) groups excluding carboxylic acids is 2. The number of nitrogens with one attached hydrogen (secondary N) is 3. The minimum Gasteiger partial charge on any atom is -0.345 e. The highest BCUT2D eigenvalue weighted by Gasteiger charge is 2.18. The SMILES string of the molecule is C=NNC(Cc1ccc(Cl)cc1)C(=O)NCSCC(=O)NC(=N/C=C/C#N)SC. The maximum Gasteiger partial charge on any atom is 0.245 e. The Balaban J connectivity index is 2.43. The highest BCUT2D eigenvalue weighted by Crippen LogP contribution is 2.11. The molecule has 1 unspecified atom stereocenters. The van der Waals surface area contributed by atoms with Gasteiger partial charge < -0.3 is 10.6 Å². The fourth-order valence-corrected chi connectivity index (χ4v) is 3.09. The molecule has 29 heavy (non-hydrogen) atoms. The molecule has 1 atom stereocenters. The van der Waals surface area contributed by atoms with Gasteiger partial charge in [0.05, 0.1) is 17.7 Å². The number of allylic oxidation sites excluding steroid dienone is 1. The molecular formula is C18H21ClN6O2S2. The Morgan fingerprint density at radius 1 is 1.38 bits per heavy atom. The first-order chi connectivity index (χ1) is 14.0. The van der Waals surface area contributed by atoms with E-state index in [0.29, 0.717) is 16.6 Å². The molecular weight excluding hydrogens is 432 g/mol. The second-order valence-electron chi connectivity index (χ2n) is 5.34. The molecule has 0 fully saturated rings. The summed E-state index contributed by atoms with van der Waals surface area (Å²) in [7, 11) is 0. The number of nitriles is 1. The summed E-state index contributed by atoms with van der Waals surface area (Å²) in [5.41, 5.74) is 3.61. The standard InChI is InChI=1S/C18H21ClN6O2S2/c1-21-25-15(10-13-4-6-14(19)7-5-13)17(27)23-12-29-11-16(26)24-18(28-2)22-9-3-8-20/h3-7,9,15,25H,1,10-12H2,2H3,(H,23,27)(H,22,24,26)/b9-3+. The number of nitrogens with zero attached hydrogens (tertiary/aromatic N) is 3. The van der Waals surface area contributed by atoms with Crippen LogP contribution in [0.1, 0.15) is 5.56 Å². The zero-order valence-corrected chi connectivity index (χ0v) is 18.1. The van der Waals surface area contributed by atoms with Crippen molar-refractivity contribution >= 4 is 58.8 Å². The van der Waals surface area contributed by atoms with Gasteiger partial charge in [0, 0.05) is 30.4 Å². The molecule has 3 N–H and O–H groups in total. The van der Waals surface area contributed by atoms with Crippen LogP contribution >= 0.6 is 35.1 Å². The number of amidine groups is 1. The first-order valence-corrected chi connectivity index (χ1v) is 11.0. The van der Waals surface area contributed by atoms with Crippen molar-refractivity contribution < 1.29 is 9.59 Å². The molecule has 0 aliphatic heterocycles. The summed E-state index contributed by atoms with van der Waals surface area (Å²) in [5, 5.41) is 18.4. The van der Waals surface area contributed by atoms with Crippen LogP contribution in [0.3, 0.4) is 0 Å². The summed E-state index contributed by atoms with van der Waals surface area (Å²) >= 11 is 8.36. The van der Waals surface area contributed by atoms with Crippen LogP contribution in [0, 0.1) is 11.3 Å². The van der Waals surface area contributed by atoms with E-state index in [2.05, 4.69) is 32.9 Å². The van der Waals surface area contributed by atoms with Crippen molar-refractivity contribution in [3.63, 3.8) is 0 Å².